The van der Waals surface area contributed by atoms with Crippen molar-refractivity contribution in [2.24, 2.45) is 5.73 Å². The Morgan fingerprint density at radius 1 is 1.25 bits per heavy atom. The normalized spacial score (nSPS) is 31.5. The van der Waals surface area contributed by atoms with Crippen LogP contribution in [0.4, 0.5) is 0 Å². The molecule has 94 valence electrons. The Balaban J connectivity index is 2.10. The van der Waals surface area contributed by atoms with Crippen molar-refractivity contribution in [3.63, 3.8) is 0 Å². The highest BCUT2D eigenvalue weighted by Gasteiger charge is 2.41. The highest BCUT2D eigenvalue weighted by molar-refractivity contribution is 4.97. The van der Waals surface area contributed by atoms with Crippen molar-refractivity contribution >= 4 is 0 Å². The van der Waals surface area contributed by atoms with Crippen molar-refractivity contribution in [3.05, 3.63) is 0 Å². The minimum absolute atomic E-state index is 0.169. The zero-order valence-corrected chi connectivity index (χ0v) is 10.3. The van der Waals surface area contributed by atoms with Gasteiger partial charge >= 0.3 is 0 Å². The molecule has 1 atom stereocenters. The molecule has 2 saturated heterocycles. The molecule has 0 amide bonds. The van der Waals surface area contributed by atoms with E-state index in [1.165, 1.54) is 0 Å². The minimum Gasteiger partial charge on any atom is -0.381 e. The van der Waals surface area contributed by atoms with E-state index in [1.54, 1.807) is 0 Å². The van der Waals surface area contributed by atoms with Gasteiger partial charge < -0.3 is 15.2 Å². The second-order valence-corrected chi connectivity index (χ2v) is 4.87. The van der Waals surface area contributed by atoms with Crippen LogP contribution in [0.1, 0.15) is 26.2 Å². The van der Waals surface area contributed by atoms with E-state index in [-0.39, 0.29) is 5.54 Å². The van der Waals surface area contributed by atoms with Crippen molar-refractivity contribution in [1.82, 2.24) is 4.90 Å². The fourth-order valence-corrected chi connectivity index (χ4v) is 2.98. The quantitative estimate of drug-likeness (QED) is 0.768. The van der Waals surface area contributed by atoms with Crippen molar-refractivity contribution in [1.29, 1.82) is 0 Å². The Bertz CT molecular complexity index is 217. The van der Waals surface area contributed by atoms with Gasteiger partial charge in [-0.2, -0.15) is 0 Å². The first-order valence-electron chi connectivity index (χ1n) is 6.45. The van der Waals surface area contributed by atoms with Crippen LogP contribution in [0.25, 0.3) is 0 Å². The molecule has 1 unspecified atom stereocenters. The summed E-state index contributed by atoms with van der Waals surface area (Å²) in [6.45, 7) is 7.41. The molecule has 2 aliphatic rings. The van der Waals surface area contributed by atoms with E-state index in [9.17, 15) is 0 Å². The Labute approximate surface area is 98.1 Å². The van der Waals surface area contributed by atoms with Crippen LogP contribution in [0.15, 0.2) is 0 Å². The van der Waals surface area contributed by atoms with Crippen LogP contribution in [0.5, 0.6) is 0 Å². The predicted molar refractivity (Wildman–Crippen MR) is 63.4 cm³/mol. The van der Waals surface area contributed by atoms with Gasteiger partial charge in [-0.1, -0.05) is 6.92 Å². The molecular weight excluding hydrogens is 204 g/mol. The van der Waals surface area contributed by atoms with E-state index in [0.717, 1.165) is 58.8 Å². The topological polar surface area (TPSA) is 47.7 Å². The fraction of sp³-hybridized carbons (Fsp3) is 1.00. The third-order valence-corrected chi connectivity index (χ3v) is 4.11. The average molecular weight is 228 g/mol. The van der Waals surface area contributed by atoms with Gasteiger partial charge in [-0.25, -0.2) is 0 Å². The molecule has 0 spiro atoms. The molecule has 2 aliphatic heterocycles. The van der Waals surface area contributed by atoms with Gasteiger partial charge in [0.05, 0.1) is 13.2 Å². The number of nitrogens with zero attached hydrogens (tertiary/aromatic N) is 1. The molecule has 0 saturated carbocycles. The summed E-state index contributed by atoms with van der Waals surface area (Å²) < 4.78 is 11.0. The van der Waals surface area contributed by atoms with E-state index >= 15 is 0 Å². The van der Waals surface area contributed by atoms with Crippen LogP contribution in [0.2, 0.25) is 0 Å². The van der Waals surface area contributed by atoms with Crippen LogP contribution < -0.4 is 5.73 Å². The van der Waals surface area contributed by atoms with Gasteiger partial charge in [0.2, 0.25) is 0 Å². The molecule has 0 aromatic rings. The molecule has 2 rings (SSSR count). The Hall–Kier alpha value is -0.160. The number of rotatable bonds is 3. The third-order valence-electron chi connectivity index (χ3n) is 4.11. The van der Waals surface area contributed by atoms with Gasteiger partial charge in [-0.3, -0.25) is 4.90 Å². The van der Waals surface area contributed by atoms with Gasteiger partial charge in [-0.15, -0.1) is 0 Å². The molecule has 2 N–H and O–H groups in total. The maximum atomic E-state index is 6.05. The SMILES string of the molecule is CCC1COCCN1C1(CN)CCOCC1. The lowest BCUT2D eigenvalue weighted by molar-refractivity contribution is -0.0987. The third kappa shape index (κ3) is 2.25. The van der Waals surface area contributed by atoms with Gasteiger partial charge in [0.25, 0.3) is 0 Å². The summed E-state index contributed by atoms with van der Waals surface area (Å²) in [5.74, 6) is 0. The predicted octanol–water partition coefficient (Wildman–Crippen LogP) is 0.605. The molecule has 0 bridgehead atoms. The molecule has 0 radical (unpaired) electrons. The van der Waals surface area contributed by atoms with Crippen molar-refractivity contribution in [3.8, 4) is 0 Å². The maximum absolute atomic E-state index is 6.05. The van der Waals surface area contributed by atoms with E-state index in [4.69, 9.17) is 15.2 Å². The summed E-state index contributed by atoms with van der Waals surface area (Å²) >= 11 is 0. The average Bonchev–Trinajstić information content (AvgIpc) is 2.39. The maximum Gasteiger partial charge on any atom is 0.0622 e. The molecule has 0 aromatic carbocycles. The largest absolute Gasteiger partial charge is 0.381 e. The fourth-order valence-electron chi connectivity index (χ4n) is 2.98. The summed E-state index contributed by atoms with van der Waals surface area (Å²) in [6.07, 6.45) is 3.28. The molecule has 4 heteroatoms. The number of ether oxygens (including phenoxy) is 2. The second kappa shape index (κ2) is 5.45. The highest BCUT2D eigenvalue weighted by Crippen LogP contribution is 2.31. The van der Waals surface area contributed by atoms with Crippen molar-refractivity contribution in [2.45, 2.75) is 37.8 Å². The second-order valence-electron chi connectivity index (χ2n) is 4.87. The van der Waals surface area contributed by atoms with Crippen molar-refractivity contribution < 1.29 is 9.47 Å². The van der Waals surface area contributed by atoms with Crippen LogP contribution in [-0.4, -0.2) is 56.0 Å². The van der Waals surface area contributed by atoms with Crippen LogP contribution in [0, 0.1) is 0 Å². The summed E-state index contributed by atoms with van der Waals surface area (Å²) in [6, 6.07) is 0.537. The molecular formula is C12H24N2O2. The number of nitrogens with two attached hydrogens (primary N) is 1. The zero-order valence-electron chi connectivity index (χ0n) is 10.3. The van der Waals surface area contributed by atoms with Crippen molar-refractivity contribution in [2.75, 3.05) is 39.5 Å². The summed E-state index contributed by atoms with van der Waals surface area (Å²) in [5, 5.41) is 0. The van der Waals surface area contributed by atoms with Gasteiger partial charge in [0, 0.05) is 37.9 Å². The zero-order chi connectivity index (χ0) is 11.4. The van der Waals surface area contributed by atoms with E-state index in [1.807, 2.05) is 0 Å². The van der Waals surface area contributed by atoms with Crippen LogP contribution >= 0.6 is 0 Å². The lowest BCUT2D eigenvalue weighted by Crippen LogP contribution is -2.63. The monoisotopic (exact) mass is 228 g/mol. The number of hydrogen-bond donors (Lipinski definition) is 1. The molecule has 16 heavy (non-hydrogen) atoms. The van der Waals surface area contributed by atoms with E-state index in [2.05, 4.69) is 11.8 Å². The Morgan fingerprint density at radius 2 is 2.00 bits per heavy atom. The summed E-state index contributed by atoms with van der Waals surface area (Å²) in [7, 11) is 0. The van der Waals surface area contributed by atoms with Gasteiger partial charge in [-0.05, 0) is 19.3 Å². The summed E-state index contributed by atoms with van der Waals surface area (Å²) in [4.78, 5) is 2.60. The lowest BCUT2D eigenvalue weighted by atomic mass is 9.86. The first-order chi connectivity index (χ1) is 7.82. The molecule has 4 nitrogen and oxygen atoms in total. The van der Waals surface area contributed by atoms with Crippen LogP contribution in [-0.2, 0) is 9.47 Å². The number of morpholine rings is 1. The molecule has 0 aliphatic carbocycles. The summed E-state index contributed by atoms with van der Waals surface area (Å²) in [5.41, 5.74) is 6.22. The first kappa shape index (κ1) is 12.3. The Morgan fingerprint density at radius 3 is 2.62 bits per heavy atom. The van der Waals surface area contributed by atoms with E-state index < -0.39 is 0 Å². The molecule has 2 fully saturated rings. The van der Waals surface area contributed by atoms with Crippen LogP contribution in [0.3, 0.4) is 0 Å². The van der Waals surface area contributed by atoms with E-state index in [0.29, 0.717) is 6.04 Å². The highest BCUT2D eigenvalue weighted by atomic mass is 16.5. The standard InChI is InChI=1S/C12H24N2O2/c1-2-11-9-16-8-5-14(11)12(10-13)3-6-15-7-4-12/h11H,2-10,13H2,1H3. The Kier molecular flexibility index (Phi) is 4.19. The minimum atomic E-state index is 0.169. The number of hydrogen-bond acceptors (Lipinski definition) is 4. The van der Waals surface area contributed by atoms with Gasteiger partial charge in [0.15, 0.2) is 0 Å². The van der Waals surface area contributed by atoms with Gasteiger partial charge in [0.1, 0.15) is 0 Å². The lowest BCUT2D eigenvalue weighted by Gasteiger charge is -2.51. The first-order valence-corrected chi connectivity index (χ1v) is 6.45. The molecule has 0 aromatic heterocycles. The smallest absolute Gasteiger partial charge is 0.0622 e. The molecule has 2 heterocycles.